The van der Waals surface area contributed by atoms with E-state index in [1.54, 1.807) is 0 Å². The average molecular weight is 375 g/mol. The lowest BCUT2D eigenvalue weighted by Gasteiger charge is -2.01. The van der Waals surface area contributed by atoms with E-state index in [2.05, 4.69) is 20.9 Å². The topological polar surface area (TPSA) is 34.4 Å². The van der Waals surface area contributed by atoms with E-state index < -0.39 is 0 Å². The number of carbonyl (C=O) groups excluding carboxylic acids is 1. The van der Waals surface area contributed by atoms with E-state index in [9.17, 15) is 4.79 Å². The van der Waals surface area contributed by atoms with Crippen molar-refractivity contribution in [1.82, 2.24) is 4.57 Å². The molecule has 0 radical (unpaired) electrons. The highest BCUT2D eigenvalue weighted by atomic mass is 79.9. The predicted molar refractivity (Wildman–Crippen MR) is 94.3 cm³/mol. The highest BCUT2D eigenvalue weighted by Crippen LogP contribution is 2.24. The molecule has 0 atom stereocenters. The van der Waals surface area contributed by atoms with E-state index >= 15 is 0 Å². The molecule has 3 nitrogen and oxygen atoms in total. The number of para-hydroxylation sites is 1. The summed E-state index contributed by atoms with van der Waals surface area (Å²) >= 11 is 5.06. The standard InChI is InChI=1S/C17H15BrN2OS/c1-10-7-8-12(9-11(10)2)16(21)19-17-20(3)15-13(18)5-4-6-14(15)22-17/h4-9H,1-3H3. The number of thiazole rings is 1. The summed E-state index contributed by atoms with van der Waals surface area (Å²) in [5.41, 5.74) is 3.95. The van der Waals surface area contributed by atoms with Crippen molar-refractivity contribution < 1.29 is 4.79 Å². The highest BCUT2D eigenvalue weighted by Gasteiger charge is 2.09. The van der Waals surface area contributed by atoms with Crippen molar-refractivity contribution >= 4 is 43.4 Å². The SMILES string of the molecule is Cc1ccc(C(=O)N=c2sc3cccc(Br)c3n2C)cc1C. The molecule has 0 unspecified atom stereocenters. The number of fused-ring (bicyclic) bond motifs is 1. The summed E-state index contributed by atoms with van der Waals surface area (Å²) < 4.78 is 4.05. The molecule has 0 aliphatic carbocycles. The van der Waals surface area contributed by atoms with Crippen molar-refractivity contribution in [2.24, 2.45) is 12.0 Å². The molecule has 1 aromatic heterocycles. The number of aryl methyl sites for hydroxylation is 3. The van der Waals surface area contributed by atoms with E-state index in [1.807, 2.05) is 61.9 Å². The molecule has 5 heteroatoms. The molecule has 0 N–H and O–H groups in total. The molecule has 0 saturated carbocycles. The molecule has 0 aliphatic heterocycles. The van der Waals surface area contributed by atoms with Crippen LogP contribution in [0.2, 0.25) is 0 Å². The molecule has 112 valence electrons. The quantitative estimate of drug-likeness (QED) is 0.622. The number of amides is 1. The third-order valence-electron chi connectivity index (χ3n) is 3.72. The first-order chi connectivity index (χ1) is 10.5. The van der Waals surface area contributed by atoms with Crippen molar-refractivity contribution in [3.8, 4) is 0 Å². The maximum Gasteiger partial charge on any atom is 0.279 e. The fraction of sp³-hybridized carbons (Fsp3) is 0.176. The predicted octanol–water partition coefficient (Wildman–Crippen LogP) is 4.36. The first-order valence-corrected chi connectivity index (χ1v) is 8.48. The first kappa shape index (κ1) is 15.2. The molecule has 0 saturated heterocycles. The van der Waals surface area contributed by atoms with Gasteiger partial charge >= 0.3 is 0 Å². The highest BCUT2D eigenvalue weighted by molar-refractivity contribution is 9.10. The van der Waals surface area contributed by atoms with Gasteiger partial charge in [-0.3, -0.25) is 4.79 Å². The van der Waals surface area contributed by atoms with Gasteiger partial charge in [-0.15, -0.1) is 0 Å². The van der Waals surface area contributed by atoms with Crippen molar-refractivity contribution in [3.05, 3.63) is 62.4 Å². The van der Waals surface area contributed by atoms with Gasteiger partial charge in [0.1, 0.15) is 0 Å². The number of carbonyl (C=O) groups is 1. The third kappa shape index (κ3) is 2.66. The fourth-order valence-corrected chi connectivity index (χ4v) is 4.10. The Morgan fingerprint density at radius 1 is 1.18 bits per heavy atom. The zero-order chi connectivity index (χ0) is 15.9. The minimum absolute atomic E-state index is 0.207. The molecule has 0 aliphatic rings. The van der Waals surface area contributed by atoms with Crippen LogP contribution < -0.4 is 4.80 Å². The summed E-state index contributed by atoms with van der Waals surface area (Å²) in [7, 11) is 1.93. The second kappa shape index (κ2) is 5.82. The van der Waals surface area contributed by atoms with Crippen LogP contribution in [0.5, 0.6) is 0 Å². The molecule has 2 aromatic carbocycles. The van der Waals surface area contributed by atoms with E-state index in [0.29, 0.717) is 10.4 Å². The van der Waals surface area contributed by atoms with Gasteiger partial charge in [0.2, 0.25) is 0 Å². The van der Waals surface area contributed by atoms with Gasteiger partial charge in [0, 0.05) is 17.1 Å². The molecular formula is C17H15BrN2OS. The average Bonchev–Trinajstić information content (AvgIpc) is 2.79. The minimum atomic E-state index is -0.207. The van der Waals surface area contributed by atoms with Gasteiger partial charge in [0.25, 0.3) is 5.91 Å². The Bertz CT molecular complexity index is 953. The van der Waals surface area contributed by atoms with Crippen molar-refractivity contribution in [3.63, 3.8) is 0 Å². The minimum Gasteiger partial charge on any atom is -0.318 e. The van der Waals surface area contributed by atoms with Crippen LogP contribution >= 0.6 is 27.3 Å². The lowest BCUT2D eigenvalue weighted by Crippen LogP contribution is -2.13. The number of hydrogen-bond donors (Lipinski definition) is 0. The van der Waals surface area contributed by atoms with Gasteiger partial charge < -0.3 is 4.57 Å². The molecule has 22 heavy (non-hydrogen) atoms. The lowest BCUT2D eigenvalue weighted by molar-refractivity contribution is 0.0998. The maximum absolute atomic E-state index is 12.4. The smallest absolute Gasteiger partial charge is 0.279 e. The molecule has 0 bridgehead atoms. The number of benzene rings is 2. The maximum atomic E-state index is 12.4. The molecule has 0 spiro atoms. The van der Waals surface area contributed by atoms with E-state index in [-0.39, 0.29) is 5.91 Å². The largest absolute Gasteiger partial charge is 0.318 e. The summed E-state index contributed by atoms with van der Waals surface area (Å²) in [6.07, 6.45) is 0. The van der Waals surface area contributed by atoms with E-state index in [4.69, 9.17) is 0 Å². The molecule has 3 rings (SSSR count). The van der Waals surface area contributed by atoms with Crippen LogP contribution in [-0.2, 0) is 7.05 Å². The Morgan fingerprint density at radius 2 is 1.95 bits per heavy atom. The molecular weight excluding hydrogens is 360 g/mol. The zero-order valence-corrected chi connectivity index (χ0v) is 15.0. The lowest BCUT2D eigenvalue weighted by atomic mass is 10.1. The summed E-state index contributed by atoms with van der Waals surface area (Å²) in [5.74, 6) is -0.207. The van der Waals surface area contributed by atoms with Crippen LogP contribution in [0.25, 0.3) is 10.2 Å². The van der Waals surface area contributed by atoms with Crippen LogP contribution in [-0.4, -0.2) is 10.5 Å². The van der Waals surface area contributed by atoms with Gasteiger partial charge in [-0.1, -0.05) is 23.5 Å². The molecule has 1 amide bonds. The zero-order valence-electron chi connectivity index (χ0n) is 12.6. The van der Waals surface area contributed by atoms with E-state index in [0.717, 1.165) is 20.3 Å². The Hall–Kier alpha value is -1.72. The normalized spacial score (nSPS) is 12.1. The Kier molecular flexibility index (Phi) is 4.02. The van der Waals surface area contributed by atoms with Gasteiger partial charge in [-0.05, 0) is 65.2 Å². The van der Waals surface area contributed by atoms with Crippen LogP contribution in [0.4, 0.5) is 0 Å². The van der Waals surface area contributed by atoms with Crippen molar-refractivity contribution in [2.45, 2.75) is 13.8 Å². The van der Waals surface area contributed by atoms with E-state index in [1.165, 1.54) is 16.9 Å². The fourth-order valence-electron chi connectivity index (χ4n) is 2.29. The Labute approximate surface area is 141 Å². The summed E-state index contributed by atoms with van der Waals surface area (Å²) in [6.45, 7) is 4.03. The van der Waals surface area contributed by atoms with Gasteiger partial charge in [-0.2, -0.15) is 4.99 Å². The first-order valence-electron chi connectivity index (χ1n) is 6.88. The number of nitrogens with zero attached hydrogens (tertiary/aromatic N) is 2. The molecule has 1 heterocycles. The van der Waals surface area contributed by atoms with Gasteiger partial charge in [0.15, 0.2) is 4.80 Å². The van der Waals surface area contributed by atoms with Crippen LogP contribution in [0, 0.1) is 13.8 Å². The van der Waals surface area contributed by atoms with Crippen LogP contribution in [0.1, 0.15) is 21.5 Å². The second-order valence-electron chi connectivity index (χ2n) is 5.25. The number of aromatic nitrogens is 1. The summed E-state index contributed by atoms with van der Waals surface area (Å²) in [5, 5.41) is 0. The monoisotopic (exact) mass is 374 g/mol. The van der Waals surface area contributed by atoms with Crippen molar-refractivity contribution in [1.29, 1.82) is 0 Å². The Balaban J connectivity index is 2.12. The number of halogens is 1. The van der Waals surface area contributed by atoms with Crippen LogP contribution in [0.15, 0.2) is 45.9 Å². The van der Waals surface area contributed by atoms with Crippen LogP contribution in [0.3, 0.4) is 0 Å². The van der Waals surface area contributed by atoms with Gasteiger partial charge in [0.05, 0.1) is 10.2 Å². The Morgan fingerprint density at radius 3 is 2.64 bits per heavy atom. The second-order valence-corrected chi connectivity index (χ2v) is 7.11. The molecule has 0 fully saturated rings. The third-order valence-corrected chi connectivity index (χ3v) is 5.46. The summed E-state index contributed by atoms with van der Waals surface area (Å²) in [6, 6.07) is 11.7. The summed E-state index contributed by atoms with van der Waals surface area (Å²) in [4.78, 5) is 17.4. The number of rotatable bonds is 1. The van der Waals surface area contributed by atoms with Crippen molar-refractivity contribution in [2.75, 3.05) is 0 Å². The number of hydrogen-bond acceptors (Lipinski definition) is 2. The molecule has 3 aromatic rings. The van der Waals surface area contributed by atoms with Gasteiger partial charge in [-0.25, -0.2) is 0 Å².